The van der Waals surface area contributed by atoms with Gasteiger partial charge in [-0.15, -0.1) is 0 Å². The van der Waals surface area contributed by atoms with Crippen LogP contribution in [0.5, 0.6) is 0 Å². The minimum Gasteiger partial charge on any atom is -0.351 e. The summed E-state index contributed by atoms with van der Waals surface area (Å²) in [4.78, 5) is 11.7. The normalized spacial score (nSPS) is 18.3. The molecule has 1 rings (SSSR count). The van der Waals surface area contributed by atoms with E-state index in [9.17, 15) is 4.79 Å². The average Bonchev–Trinajstić information content (AvgIpc) is 2.57. The van der Waals surface area contributed by atoms with E-state index in [1.54, 1.807) is 0 Å². The first-order valence-corrected chi connectivity index (χ1v) is 7.96. The molecule has 5 heteroatoms. The molecule has 0 unspecified atom stereocenters. The fraction of sp³-hybridized carbons (Fsp3) is 0.533. The van der Waals surface area contributed by atoms with Crippen molar-refractivity contribution in [2.75, 3.05) is 24.6 Å². The maximum Gasteiger partial charge on any atom is 0.230 e. The molecular formula is C15H25N3OS. The van der Waals surface area contributed by atoms with Gasteiger partial charge in [-0.1, -0.05) is 44.2 Å². The molecule has 112 valence electrons. The highest BCUT2D eigenvalue weighted by molar-refractivity contribution is 8.00. The van der Waals surface area contributed by atoms with Crippen LogP contribution in [0.25, 0.3) is 0 Å². The van der Waals surface area contributed by atoms with Crippen molar-refractivity contribution in [2.24, 2.45) is 16.9 Å². The summed E-state index contributed by atoms with van der Waals surface area (Å²) in [5.41, 5.74) is 12.3. The molecule has 5 N–H and O–H groups in total. The van der Waals surface area contributed by atoms with Crippen molar-refractivity contribution in [3.8, 4) is 0 Å². The lowest BCUT2D eigenvalue weighted by Crippen LogP contribution is -2.33. The lowest BCUT2D eigenvalue weighted by Gasteiger charge is -2.12. The Morgan fingerprint density at radius 1 is 1.45 bits per heavy atom. The third kappa shape index (κ3) is 6.93. The van der Waals surface area contributed by atoms with Gasteiger partial charge in [-0.05, 0) is 5.57 Å². The molecule has 20 heavy (non-hydrogen) atoms. The van der Waals surface area contributed by atoms with Gasteiger partial charge in [0.1, 0.15) is 0 Å². The van der Waals surface area contributed by atoms with E-state index in [1.807, 2.05) is 12.2 Å². The van der Waals surface area contributed by atoms with Gasteiger partial charge in [0.25, 0.3) is 0 Å². The molecule has 1 atom stereocenters. The first-order chi connectivity index (χ1) is 9.43. The van der Waals surface area contributed by atoms with Crippen LogP contribution in [-0.4, -0.2) is 36.5 Å². The van der Waals surface area contributed by atoms with Crippen LogP contribution < -0.4 is 16.8 Å². The highest BCUT2D eigenvalue weighted by Crippen LogP contribution is 2.22. The van der Waals surface area contributed by atoms with Crippen molar-refractivity contribution < 1.29 is 4.79 Å². The van der Waals surface area contributed by atoms with Gasteiger partial charge in [0, 0.05) is 30.3 Å². The third-order valence-electron chi connectivity index (χ3n) is 2.92. The van der Waals surface area contributed by atoms with Crippen LogP contribution in [0.3, 0.4) is 0 Å². The van der Waals surface area contributed by atoms with E-state index in [2.05, 4.69) is 37.4 Å². The number of allylic oxidation sites excluding steroid dienone is 4. The first-order valence-electron chi connectivity index (χ1n) is 6.80. The number of carbonyl (C=O) groups is 1. The summed E-state index contributed by atoms with van der Waals surface area (Å²) in [6, 6.07) is -0.0346. The number of carbonyl (C=O) groups excluding carboxylic acids is 1. The van der Waals surface area contributed by atoms with Gasteiger partial charge in [-0.25, -0.2) is 0 Å². The van der Waals surface area contributed by atoms with Crippen LogP contribution in [0.1, 0.15) is 13.8 Å². The Kier molecular flexibility index (Phi) is 7.05. The Labute approximate surface area is 125 Å². The zero-order valence-corrected chi connectivity index (χ0v) is 13.1. The standard InChI is InChI=1S/C15H25N3OS/c1-15(2)6-3-4-12(5-7-15)9-18-14(19)11-20-10-13(17)8-16/h3-7,13H,8-11,16-17H2,1-2H3,(H,18,19)/t13-/m1/s1. The second-order valence-corrected chi connectivity index (χ2v) is 6.57. The minimum atomic E-state index is -0.0346. The van der Waals surface area contributed by atoms with E-state index in [-0.39, 0.29) is 17.4 Å². The monoisotopic (exact) mass is 295 g/mol. The van der Waals surface area contributed by atoms with Crippen molar-refractivity contribution >= 4 is 17.7 Å². The molecule has 0 aromatic rings. The van der Waals surface area contributed by atoms with E-state index in [4.69, 9.17) is 11.5 Å². The number of rotatable bonds is 7. The molecule has 0 saturated carbocycles. The first kappa shape index (κ1) is 17.0. The molecular weight excluding hydrogens is 270 g/mol. The summed E-state index contributed by atoms with van der Waals surface area (Å²) in [5.74, 6) is 1.16. The predicted molar refractivity (Wildman–Crippen MR) is 87.5 cm³/mol. The van der Waals surface area contributed by atoms with Gasteiger partial charge in [0.15, 0.2) is 0 Å². The van der Waals surface area contributed by atoms with E-state index in [0.29, 0.717) is 24.6 Å². The Balaban J connectivity index is 2.28. The topological polar surface area (TPSA) is 81.1 Å². The number of thioether (sulfide) groups is 1. The molecule has 1 aliphatic rings. The molecule has 4 nitrogen and oxygen atoms in total. The Hall–Kier alpha value is -1.04. The minimum absolute atomic E-state index is 0.0287. The van der Waals surface area contributed by atoms with E-state index >= 15 is 0 Å². The van der Waals surface area contributed by atoms with Gasteiger partial charge in [-0.2, -0.15) is 11.8 Å². The lowest BCUT2D eigenvalue weighted by atomic mass is 9.93. The van der Waals surface area contributed by atoms with E-state index < -0.39 is 0 Å². The SMILES string of the molecule is CC1(C)C=CC=C(CNC(=O)CSC[C@H](N)CN)C=C1. The van der Waals surface area contributed by atoms with Crippen LogP contribution in [-0.2, 0) is 4.79 Å². The van der Waals surface area contributed by atoms with Gasteiger partial charge in [0.05, 0.1) is 5.75 Å². The Bertz CT molecular complexity index is 413. The zero-order valence-electron chi connectivity index (χ0n) is 12.3. The number of hydrogen-bond donors (Lipinski definition) is 3. The fourth-order valence-electron chi connectivity index (χ4n) is 1.59. The fourth-order valence-corrected chi connectivity index (χ4v) is 2.44. The molecule has 0 saturated heterocycles. The van der Waals surface area contributed by atoms with Crippen LogP contribution in [0.2, 0.25) is 0 Å². The second kappa shape index (κ2) is 8.29. The molecule has 0 aromatic heterocycles. The third-order valence-corrected chi connectivity index (χ3v) is 4.05. The van der Waals surface area contributed by atoms with Gasteiger partial charge >= 0.3 is 0 Å². The van der Waals surface area contributed by atoms with Crippen LogP contribution in [0.15, 0.2) is 36.0 Å². The number of hydrogen-bond acceptors (Lipinski definition) is 4. The van der Waals surface area contributed by atoms with E-state index in [1.165, 1.54) is 11.8 Å². The van der Waals surface area contributed by atoms with Crippen molar-refractivity contribution in [3.63, 3.8) is 0 Å². The molecule has 0 bridgehead atoms. The average molecular weight is 295 g/mol. The largest absolute Gasteiger partial charge is 0.351 e. The Morgan fingerprint density at radius 3 is 2.90 bits per heavy atom. The lowest BCUT2D eigenvalue weighted by molar-refractivity contribution is -0.118. The maximum absolute atomic E-state index is 11.7. The highest BCUT2D eigenvalue weighted by Gasteiger charge is 2.11. The Morgan fingerprint density at radius 2 is 2.20 bits per heavy atom. The summed E-state index contributed by atoms with van der Waals surface area (Å²) in [6.45, 7) is 5.30. The maximum atomic E-state index is 11.7. The summed E-state index contributed by atoms with van der Waals surface area (Å²) in [7, 11) is 0. The van der Waals surface area contributed by atoms with Crippen molar-refractivity contribution in [2.45, 2.75) is 19.9 Å². The predicted octanol–water partition coefficient (Wildman–Crippen LogP) is 1.20. The smallest absolute Gasteiger partial charge is 0.230 e. The van der Waals surface area contributed by atoms with Crippen LogP contribution >= 0.6 is 11.8 Å². The zero-order chi connectivity index (χ0) is 15.0. The number of nitrogens with two attached hydrogens (primary N) is 2. The molecule has 0 aromatic carbocycles. The van der Waals surface area contributed by atoms with Crippen LogP contribution in [0, 0.1) is 5.41 Å². The molecule has 0 radical (unpaired) electrons. The number of amides is 1. The molecule has 1 aliphatic carbocycles. The number of nitrogens with one attached hydrogen (secondary N) is 1. The molecule has 1 amide bonds. The van der Waals surface area contributed by atoms with E-state index in [0.717, 1.165) is 5.57 Å². The molecule has 0 aliphatic heterocycles. The molecule has 0 spiro atoms. The quantitative estimate of drug-likeness (QED) is 0.659. The summed E-state index contributed by atoms with van der Waals surface area (Å²) in [6.07, 6.45) is 10.4. The van der Waals surface area contributed by atoms with Gasteiger partial charge in [-0.3, -0.25) is 4.79 Å². The van der Waals surface area contributed by atoms with Crippen LogP contribution in [0.4, 0.5) is 0 Å². The van der Waals surface area contributed by atoms with Crippen molar-refractivity contribution in [1.29, 1.82) is 0 Å². The molecule has 0 fully saturated rings. The van der Waals surface area contributed by atoms with Crippen molar-refractivity contribution in [1.82, 2.24) is 5.32 Å². The van der Waals surface area contributed by atoms with Gasteiger partial charge in [0.2, 0.25) is 5.91 Å². The van der Waals surface area contributed by atoms with Gasteiger partial charge < -0.3 is 16.8 Å². The summed E-state index contributed by atoms with van der Waals surface area (Å²) in [5, 5.41) is 2.91. The summed E-state index contributed by atoms with van der Waals surface area (Å²) < 4.78 is 0. The highest BCUT2D eigenvalue weighted by atomic mass is 32.2. The van der Waals surface area contributed by atoms with Crippen molar-refractivity contribution in [3.05, 3.63) is 36.0 Å². The molecule has 0 heterocycles. The summed E-state index contributed by atoms with van der Waals surface area (Å²) >= 11 is 1.52. The second-order valence-electron chi connectivity index (χ2n) is 5.54.